The van der Waals surface area contributed by atoms with Crippen molar-refractivity contribution in [2.75, 3.05) is 25.1 Å². The number of carbonyl (C=O) groups excluding carboxylic acids is 1. The maximum atomic E-state index is 13.4. The van der Waals surface area contributed by atoms with Crippen molar-refractivity contribution in [1.82, 2.24) is 0 Å². The molecular weight excluding hydrogens is 256 g/mol. The summed E-state index contributed by atoms with van der Waals surface area (Å²) in [6.45, 7) is 1.37. The standard InChI is InChI=1S/C13H15F2NO3/c1-19-13(18)12(17)8-6-9(14)10(15)7-11(8)16-4-2-3-5-16/h6-7,12,17H,2-5H2,1H3. The van der Waals surface area contributed by atoms with Crippen LogP contribution < -0.4 is 4.90 Å². The Morgan fingerprint density at radius 3 is 2.47 bits per heavy atom. The third-order valence-corrected chi connectivity index (χ3v) is 3.24. The number of halogens is 2. The molecule has 1 heterocycles. The first-order chi connectivity index (χ1) is 9.04. The molecule has 0 amide bonds. The highest BCUT2D eigenvalue weighted by Crippen LogP contribution is 2.31. The average molecular weight is 271 g/mol. The third-order valence-electron chi connectivity index (χ3n) is 3.24. The first kappa shape index (κ1) is 13.7. The van der Waals surface area contributed by atoms with Crippen LogP contribution in [0.15, 0.2) is 12.1 Å². The molecule has 1 fully saturated rings. The van der Waals surface area contributed by atoms with Crippen LogP contribution in [0.5, 0.6) is 0 Å². The van der Waals surface area contributed by atoms with Gasteiger partial charge >= 0.3 is 5.97 Å². The molecule has 1 aromatic carbocycles. The molecule has 1 unspecified atom stereocenters. The van der Waals surface area contributed by atoms with Gasteiger partial charge < -0.3 is 14.7 Å². The van der Waals surface area contributed by atoms with Crippen LogP contribution in [-0.2, 0) is 9.53 Å². The second kappa shape index (κ2) is 5.52. The van der Waals surface area contributed by atoms with Crippen molar-refractivity contribution in [3.63, 3.8) is 0 Å². The maximum Gasteiger partial charge on any atom is 0.339 e. The van der Waals surface area contributed by atoms with Crippen molar-refractivity contribution in [1.29, 1.82) is 0 Å². The van der Waals surface area contributed by atoms with E-state index in [1.165, 1.54) is 0 Å². The van der Waals surface area contributed by atoms with Crippen LogP contribution in [0.3, 0.4) is 0 Å². The minimum absolute atomic E-state index is 0.0349. The lowest BCUT2D eigenvalue weighted by atomic mass is 10.1. The molecule has 6 heteroatoms. The number of rotatable bonds is 3. The van der Waals surface area contributed by atoms with E-state index < -0.39 is 23.7 Å². The highest BCUT2D eigenvalue weighted by molar-refractivity contribution is 5.79. The molecular formula is C13H15F2NO3. The molecule has 0 aliphatic carbocycles. The predicted octanol–water partition coefficient (Wildman–Crippen LogP) is 1.77. The molecule has 1 atom stereocenters. The van der Waals surface area contributed by atoms with E-state index >= 15 is 0 Å². The van der Waals surface area contributed by atoms with E-state index in [4.69, 9.17) is 0 Å². The van der Waals surface area contributed by atoms with Gasteiger partial charge in [0.2, 0.25) is 0 Å². The minimum Gasteiger partial charge on any atom is -0.467 e. The van der Waals surface area contributed by atoms with Gasteiger partial charge in [-0.3, -0.25) is 0 Å². The third kappa shape index (κ3) is 2.68. The Labute approximate surface area is 109 Å². The molecule has 2 rings (SSSR count). The smallest absolute Gasteiger partial charge is 0.339 e. The Morgan fingerprint density at radius 2 is 1.89 bits per heavy atom. The number of benzene rings is 1. The molecule has 1 aliphatic rings. The monoisotopic (exact) mass is 271 g/mol. The van der Waals surface area contributed by atoms with E-state index in [0.717, 1.165) is 32.1 Å². The van der Waals surface area contributed by atoms with Crippen molar-refractivity contribution in [2.45, 2.75) is 18.9 Å². The van der Waals surface area contributed by atoms with E-state index in [2.05, 4.69) is 4.74 Å². The van der Waals surface area contributed by atoms with Crippen LogP contribution in [0.2, 0.25) is 0 Å². The molecule has 4 nitrogen and oxygen atoms in total. The van der Waals surface area contributed by atoms with Gasteiger partial charge in [0.25, 0.3) is 0 Å². The fourth-order valence-corrected chi connectivity index (χ4v) is 2.24. The fraction of sp³-hybridized carbons (Fsp3) is 0.462. The lowest BCUT2D eigenvalue weighted by Gasteiger charge is -2.23. The summed E-state index contributed by atoms with van der Waals surface area (Å²) in [5, 5.41) is 9.86. The Hall–Kier alpha value is -1.69. The van der Waals surface area contributed by atoms with E-state index in [9.17, 15) is 18.7 Å². The van der Waals surface area contributed by atoms with E-state index in [-0.39, 0.29) is 5.56 Å². The van der Waals surface area contributed by atoms with E-state index in [0.29, 0.717) is 18.8 Å². The largest absolute Gasteiger partial charge is 0.467 e. The first-order valence-electron chi connectivity index (χ1n) is 6.04. The highest BCUT2D eigenvalue weighted by Gasteiger charge is 2.27. The fourth-order valence-electron chi connectivity index (χ4n) is 2.24. The van der Waals surface area contributed by atoms with Crippen molar-refractivity contribution in [3.05, 3.63) is 29.3 Å². The molecule has 1 aromatic rings. The number of aliphatic hydroxyl groups is 1. The number of hydrogen-bond donors (Lipinski definition) is 1. The quantitative estimate of drug-likeness (QED) is 0.851. The van der Waals surface area contributed by atoms with Crippen LogP contribution in [0, 0.1) is 11.6 Å². The van der Waals surface area contributed by atoms with Crippen LogP contribution >= 0.6 is 0 Å². The second-order valence-electron chi connectivity index (χ2n) is 4.44. The van der Waals surface area contributed by atoms with Crippen LogP contribution in [-0.4, -0.2) is 31.3 Å². The molecule has 0 saturated carbocycles. The number of methoxy groups -OCH3 is 1. The van der Waals surface area contributed by atoms with Gasteiger partial charge in [-0.2, -0.15) is 0 Å². The second-order valence-corrected chi connectivity index (χ2v) is 4.44. The number of esters is 1. The van der Waals surface area contributed by atoms with Gasteiger partial charge in [-0.15, -0.1) is 0 Å². The molecule has 19 heavy (non-hydrogen) atoms. The van der Waals surface area contributed by atoms with Crippen molar-refractivity contribution in [3.8, 4) is 0 Å². The summed E-state index contributed by atoms with van der Waals surface area (Å²) in [4.78, 5) is 13.2. The van der Waals surface area contributed by atoms with Crippen molar-refractivity contribution < 1.29 is 23.4 Å². The van der Waals surface area contributed by atoms with Crippen LogP contribution in [0.1, 0.15) is 24.5 Å². The predicted molar refractivity (Wildman–Crippen MR) is 64.8 cm³/mol. The van der Waals surface area contributed by atoms with E-state index in [1.807, 2.05) is 4.90 Å². The molecule has 104 valence electrons. The van der Waals surface area contributed by atoms with Gasteiger partial charge in [0.1, 0.15) is 0 Å². The summed E-state index contributed by atoms with van der Waals surface area (Å²) >= 11 is 0. The molecule has 0 spiro atoms. The summed E-state index contributed by atoms with van der Waals surface area (Å²) in [5.74, 6) is -2.99. The summed E-state index contributed by atoms with van der Waals surface area (Å²) in [5.41, 5.74) is 0.377. The van der Waals surface area contributed by atoms with Gasteiger partial charge in [-0.05, 0) is 18.9 Å². The zero-order valence-corrected chi connectivity index (χ0v) is 10.5. The Bertz CT molecular complexity index is 487. The summed E-state index contributed by atoms with van der Waals surface area (Å²) in [6, 6.07) is 1.87. The lowest BCUT2D eigenvalue weighted by Crippen LogP contribution is -2.23. The van der Waals surface area contributed by atoms with Gasteiger partial charge in [0.05, 0.1) is 7.11 Å². The molecule has 1 N–H and O–H groups in total. The Kier molecular flexibility index (Phi) is 3.99. The number of aliphatic hydroxyl groups excluding tert-OH is 1. The summed E-state index contributed by atoms with van der Waals surface area (Å²) in [6.07, 6.45) is 0.259. The van der Waals surface area contributed by atoms with Crippen molar-refractivity contribution >= 4 is 11.7 Å². The number of nitrogens with zero attached hydrogens (tertiary/aromatic N) is 1. The minimum atomic E-state index is -1.62. The number of ether oxygens (including phenoxy) is 1. The zero-order chi connectivity index (χ0) is 14.0. The van der Waals surface area contributed by atoms with E-state index in [1.54, 1.807) is 0 Å². The number of carbonyl (C=O) groups is 1. The van der Waals surface area contributed by atoms with Gasteiger partial charge in [0.15, 0.2) is 17.7 Å². The molecule has 1 saturated heterocycles. The SMILES string of the molecule is COC(=O)C(O)c1cc(F)c(F)cc1N1CCCC1. The highest BCUT2D eigenvalue weighted by atomic mass is 19.2. The van der Waals surface area contributed by atoms with Crippen LogP contribution in [0.25, 0.3) is 0 Å². The Balaban J connectivity index is 2.44. The molecule has 0 radical (unpaired) electrons. The van der Waals surface area contributed by atoms with Gasteiger partial charge in [-0.1, -0.05) is 0 Å². The first-order valence-corrected chi connectivity index (χ1v) is 6.04. The normalized spacial score (nSPS) is 16.5. The Morgan fingerprint density at radius 1 is 1.32 bits per heavy atom. The van der Waals surface area contributed by atoms with Crippen molar-refractivity contribution in [2.24, 2.45) is 0 Å². The molecule has 0 bridgehead atoms. The zero-order valence-electron chi connectivity index (χ0n) is 10.5. The lowest BCUT2D eigenvalue weighted by molar-refractivity contribution is -0.150. The van der Waals surface area contributed by atoms with Gasteiger partial charge in [0, 0.05) is 30.4 Å². The summed E-state index contributed by atoms with van der Waals surface area (Å²) < 4.78 is 31.1. The number of anilines is 1. The maximum absolute atomic E-state index is 13.4. The topological polar surface area (TPSA) is 49.8 Å². The molecule has 1 aliphatic heterocycles. The number of hydrogen-bond acceptors (Lipinski definition) is 4. The summed E-state index contributed by atoms with van der Waals surface area (Å²) in [7, 11) is 1.13. The van der Waals surface area contributed by atoms with Gasteiger partial charge in [-0.25, -0.2) is 13.6 Å². The molecule has 0 aromatic heterocycles. The average Bonchev–Trinajstić information content (AvgIpc) is 2.93. The van der Waals surface area contributed by atoms with Crippen LogP contribution in [0.4, 0.5) is 14.5 Å².